The summed E-state index contributed by atoms with van der Waals surface area (Å²) in [4.78, 5) is 9.53. The smallest absolute Gasteiger partial charge is 0.196 e. The molecule has 5 aromatic rings. The van der Waals surface area contributed by atoms with E-state index >= 15 is 0 Å². The Morgan fingerprint density at radius 1 is 0.844 bits per heavy atom. The van der Waals surface area contributed by atoms with Gasteiger partial charge < -0.3 is 4.74 Å². The fraction of sp³-hybridized carbons (Fsp3) is 0.120. The van der Waals surface area contributed by atoms with Crippen molar-refractivity contribution < 1.29 is 4.74 Å². The van der Waals surface area contributed by atoms with Gasteiger partial charge in [0.05, 0.1) is 29.5 Å². The molecule has 32 heavy (non-hydrogen) atoms. The Morgan fingerprint density at radius 3 is 2.38 bits per heavy atom. The maximum absolute atomic E-state index is 5.40. The van der Waals surface area contributed by atoms with E-state index in [0.717, 1.165) is 50.4 Å². The van der Waals surface area contributed by atoms with E-state index < -0.39 is 0 Å². The van der Waals surface area contributed by atoms with Crippen molar-refractivity contribution >= 4 is 22.8 Å². The Hall–Kier alpha value is -3.71. The number of aromatic nitrogens is 5. The van der Waals surface area contributed by atoms with Crippen molar-refractivity contribution in [1.82, 2.24) is 24.7 Å². The Morgan fingerprint density at radius 2 is 1.59 bits per heavy atom. The largest absolute Gasteiger partial charge is 0.497 e. The van der Waals surface area contributed by atoms with Gasteiger partial charge in [0.15, 0.2) is 11.0 Å². The molecule has 3 aromatic carbocycles. The fourth-order valence-electron chi connectivity index (χ4n) is 3.52. The number of aryl methyl sites for hydroxylation is 1. The molecule has 0 aliphatic rings. The summed E-state index contributed by atoms with van der Waals surface area (Å²) in [6.45, 7) is 2.00. The average molecular weight is 440 g/mol. The number of benzene rings is 3. The monoisotopic (exact) mass is 439 g/mol. The summed E-state index contributed by atoms with van der Waals surface area (Å²) in [5.41, 5.74) is 5.62. The van der Waals surface area contributed by atoms with Gasteiger partial charge in [-0.2, -0.15) is 0 Å². The third-order valence-electron chi connectivity index (χ3n) is 5.16. The van der Waals surface area contributed by atoms with Crippen LogP contribution < -0.4 is 4.74 Å². The molecule has 0 aliphatic heterocycles. The second-order valence-electron chi connectivity index (χ2n) is 7.24. The molecule has 0 amide bonds. The minimum absolute atomic E-state index is 0.646. The number of para-hydroxylation sites is 3. The number of methoxy groups -OCH3 is 1. The summed E-state index contributed by atoms with van der Waals surface area (Å²) >= 11 is 1.60. The lowest BCUT2D eigenvalue weighted by atomic mass is 10.2. The molecule has 0 spiro atoms. The SMILES string of the molecule is COc1cccc(-c2nnc(SCc3nc4ccccc4nc3C)n2-c2ccccc2)c1. The summed E-state index contributed by atoms with van der Waals surface area (Å²) in [6, 6.07) is 25.9. The molecule has 0 fully saturated rings. The zero-order valence-electron chi connectivity index (χ0n) is 17.8. The molecule has 5 rings (SSSR count). The first-order chi connectivity index (χ1) is 15.7. The van der Waals surface area contributed by atoms with Crippen LogP contribution in [0.2, 0.25) is 0 Å². The first-order valence-corrected chi connectivity index (χ1v) is 11.2. The van der Waals surface area contributed by atoms with Crippen LogP contribution in [0.25, 0.3) is 28.1 Å². The third-order valence-corrected chi connectivity index (χ3v) is 6.10. The molecule has 0 unspecified atom stereocenters. The maximum atomic E-state index is 5.40. The van der Waals surface area contributed by atoms with Crippen LogP contribution in [0.1, 0.15) is 11.4 Å². The Balaban J connectivity index is 1.53. The van der Waals surface area contributed by atoms with E-state index in [1.165, 1.54) is 0 Å². The van der Waals surface area contributed by atoms with Crippen molar-refractivity contribution in [3.05, 3.63) is 90.3 Å². The molecule has 2 aromatic heterocycles. The van der Waals surface area contributed by atoms with Gasteiger partial charge >= 0.3 is 0 Å². The van der Waals surface area contributed by atoms with E-state index in [0.29, 0.717) is 5.75 Å². The lowest BCUT2D eigenvalue weighted by Crippen LogP contribution is -2.01. The van der Waals surface area contributed by atoms with E-state index in [1.807, 2.05) is 73.7 Å². The molecule has 7 heteroatoms. The van der Waals surface area contributed by atoms with Gasteiger partial charge in [0.2, 0.25) is 0 Å². The quantitative estimate of drug-likeness (QED) is 0.326. The predicted molar refractivity (Wildman–Crippen MR) is 127 cm³/mol. The number of ether oxygens (including phenoxy) is 1. The van der Waals surface area contributed by atoms with Crippen LogP contribution in [0.15, 0.2) is 84.0 Å². The van der Waals surface area contributed by atoms with Gasteiger partial charge in [0, 0.05) is 17.0 Å². The molecular formula is C25H21N5OS. The molecule has 158 valence electrons. The second kappa shape index (κ2) is 8.80. The number of fused-ring (bicyclic) bond motifs is 1. The van der Waals surface area contributed by atoms with Gasteiger partial charge in [-0.1, -0.05) is 54.2 Å². The molecule has 0 saturated heterocycles. The van der Waals surface area contributed by atoms with Gasteiger partial charge in [-0.25, -0.2) is 9.97 Å². The zero-order valence-corrected chi connectivity index (χ0v) is 18.6. The Kier molecular flexibility index (Phi) is 5.56. The number of rotatable bonds is 6. The standard InChI is InChI=1S/C25H21N5OS/c1-17-23(27-22-14-7-6-13-21(22)26-17)16-32-25-29-28-24(18-9-8-12-20(15-18)31-2)30(25)19-10-4-3-5-11-19/h3-15H,16H2,1-2H3. The van der Waals surface area contributed by atoms with Gasteiger partial charge in [-0.15, -0.1) is 10.2 Å². The van der Waals surface area contributed by atoms with Crippen LogP contribution >= 0.6 is 11.8 Å². The van der Waals surface area contributed by atoms with Crippen LogP contribution in [0.5, 0.6) is 5.75 Å². The summed E-state index contributed by atoms with van der Waals surface area (Å²) in [7, 11) is 1.66. The van der Waals surface area contributed by atoms with Crippen molar-refractivity contribution in [3.63, 3.8) is 0 Å². The average Bonchev–Trinajstić information content (AvgIpc) is 3.27. The Labute approximate surface area is 190 Å². The number of thioether (sulfide) groups is 1. The molecule has 6 nitrogen and oxygen atoms in total. The topological polar surface area (TPSA) is 65.7 Å². The minimum Gasteiger partial charge on any atom is -0.497 e. The van der Waals surface area contributed by atoms with E-state index in [4.69, 9.17) is 14.7 Å². The van der Waals surface area contributed by atoms with Crippen molar-refractivity contribution in [1.29, 1.82) is 0 Å². The van der Waals surface area contributed by atoms with Crippen molar-refractivity contribution in [2.75, 3.05) is 7.11 Å². The second-order valence-corrected chi connectivity index (χ2v) is 8.18. The van der Waals surface area contributed by atoms with E-state index in [1.54, 1.807) is 18.9 Å². The molecular weight excluding hydrogens is 418 g/mol. The van der Waals surface area contributed by atoms with Crippen LogP contribution in [-0.4, -0.2) is 31.8 Å². The van der Waals surface area contributed by atoms with E-state index in [9.17, 15) is 0 Å². The minimum atomic E-state index is 0.646. The summed E-state index contributed by atoms with van der Waals surface area (Å²) in [5.74, 6) is 2.19. The molecule has 0 bridgehead atoms. The summed E-state index contributed by atoms with van der Waals surface area (Å²) in [6.07, 6.45) is 0. The first kappa shape index (κ1) is 20.2. The fourth-order valence-corrected chi connectivity index (χ4v) is 4.48. The molecule has 2 heterocycles. The molecule has 0 saturated carbocycles. The number of hydrogen-bond donors (Lipinski definition) is 0. The molecule has 0 atom stereocenters. The Bertz CT molecular complexity index is 1380. The summed E-state index contributed by atoms with van der Waals surface area (Å²) < 4.78 is 7.48. The zero-order chi connectivity index (χ0) is 21.9. The lowest BCUT2D eigenvalue weighted by Gasteiger charge is -2.11. The predicted octanol–water partition coefficient (Wildman–Crippen LogP) is 5.49. The highest BCUT2D eigenvalue weighted by atomic mass is 32.2. The van der Waals surface area contributed by atoms with Crippen molar-refractivity contribution in [2.45, 2.75) is 17.8 Å². The van der Waals surface area contributed by atoms with E-state index in [-0.39, 0.29) is 0 Å². The van der Waals surface area contributed by atoms with Crippen molar-refractivity contribution in [2.24, 2.45) is 0 Å². The van der Waals surface area contributed by atoms with Crippen molar-refractivity contribution in [3.8, 4) is 22.8 Å². The molecule has 0 N–H and O–H groups in total. The lowest BCUT2D eigenvalue weighted by molar-refractivity contribution is 0.415. The number of hydrogen-bond acceptors (Lipinski definition) is 6. The van der Waals surface area contributed by atoms with Crippen LogP contribution in [0, 0.1) is 6.92 Å². The van der Waals surface area contributed by atoms with Crippen LogP contribution in [0.3, 0.4) is 0 Å². The third kappa shape index (κ3) is 3.94. The molecule has 0 radical (unpaired) electrons. The van der Waals surface area contributed by atoms with Gasteiger partial charge in [-0.3, -0.25) is 4.57 Å². The first-order valence-electron chi connectivity index (χ1n) is 10.2. The van der Waals surface area contributed by atoms with Gasteiger partial charge in [0.25, 0.3) is 0 Å². The summed E-state index contributed by atoms with van der Waals surface area (Å²) in [5, 5.41) is 9.84. The molecule has 0 aliphatic carbocycles. The van der Waals surface area contributed by atoms with Crippen LogP contribution in [0.4, 0.5) is 0 Å². The van der Waals surface area contributed by atoms with Crippen LogP contribution in [-0.2, 0) is 5.75 Å². The van der Waals surface area contributed by atoms with Gasteiger partial charge in [-0.05, 0) is 43.3 Å². The number of nitrogens with zero attached hydrogens (tertiary/aromatic N) is 5. The highest BCUT2D eigenvalue weighted by Crippen LogP contribution is 2.31. The highest BCUT2D eigenvalue weighted by molar-refractivity contribution is 7.98. The highest BCUT2D eigenvalue weighted by Gasteiger charge is 2.17. The normalized spacial score (nSPS) is 11.1. The maximum Gasteiger partial charge on any atom is 0.196 e. The van der Waals surface area contributed by atoms with Gasteiger partial charge in [0.1, 0.15) is 5.75 Å². The van der Waals surface area contributed by atoms with E-state index in [2.05, 4.69) is 26.9 Å².